The summed E-state index contributed by atoms with van der Waals surface area (Å²) >= 11 is 0. The molecule has 2 aromatic rings. The average Bonchev–Trinajstić information content (AvgIpc) is 3.14. The Bertz CT molecular complexity index is 1130. The Labute approximate surface area is 201 Å². The molecule has 2 aliphatic rings. The number of hydrogen-bond donors (Lipinski definition) is 1. The maximum atomic E-state index is 13.2. The lowest BCUT2D eigenvalue weighted by Crippen LogP contribution is -2.37. The van der Waals surface area contributed by atoms with Crippen molar-refractivity contribution < 1.29 is 22.7 Å². The van der Waals surface area contributed by atoms with E-state index < -0.39 is 10.0 Å². The molecule has 2 heterocycles. The zero-order chi connectivity index (χ0) is 24.1. The van der Waals surface area contributed by atoms with Crippen LogP contribution in [0.1, 0.15) is 37.7 Å². The first kappa shape index (κ1) is 24.3. The first-order valence-corrected chi connectivity index (χ1v) is 13.3. The third-order valence-electron chi connectivity index (χ3n) is 6.48. The van der Waals surface area contributed by atoms with Crippen LogP contribution in [0.15, 0.2) is 41.3 Å². The van der Waals surface area contributed by atoms with E-state index >= 15 is 0 Å². The number of methoxy groups -OCH3 is 2. The van der Waals surface area contributed by atoms with Crippen molar-refractivity contribution in [3.8, 4) is 11.5 Å². The predicted molar refractivity (Wildman–Crippen MR) is 132 cm³/mol. The van der Waals surface area contributed by atoms with E-state index in [-0.39, 0.29) is 17.3 Å². The summed E-state index contributed by atoms with van der Waals surface area (Å²) in [5.74, 6) is 0.996. The largest absolute Gasteiger partial charge is 0.497 e. The maximum absolute atomic E-state index is 13.2. The summed E-state index contributed by atoms with van der Waals surface area (Å²) in [5, 5.41) is 2.88. The molecule has 0 bridgehead atoms. The second-order valence-electron chi connectivity index (χ2n) is 8.75. The highest BCUT2D eigenvalue weighted by atomic mass is 32.2. The molecule has 2 aliphatic heterocycles. The van der Waals surface area contributed by atoms with Gasteiger partial charge in [-0.1, -0.05) is 12.8 Å². The lowest BCUT2D eigenvalue weighted by molar-refractivity contribution is -0.115. The number of ether oxygens (including phenoxy) is 2. The number of rotatable bonds is 7. The van der Waals surface area contributed by atoms with Crippen LogP contribution in [0.5, 0.6) is 11.5 Å². The van der Waals surface area contributed by atoms with Gasteiger partial charge in [0.15, 0.2) is 0 Å². The molecular weight excluding hydrogens is 454 g/mol. The Morgan fingerprint density at radius 3 is 2.41 bits per heavy atom. The zero-order valence-electron chi connectivity index (χ0n) is 19.9. The Balaban J connectivity index is 1.52. The summed E-state index contributed by atoms with van der Waals surface area (Å²) in [4.78, 5) is 15.2. The van der Waals surface area contributed by atoms with Gasteiger partial charge in [0, 0.05) is 25.3 Å². The number of nitrogens with one attached hydrogen (secondary N) is 1. The van der Waals surface area contributed by atoms with Gasteiger partial charge in [0.25, 0.3) is 0 Å². The van der Waals surface area contributed by atoms with Crippen LogP contribution < -0.4 is 19.7 Å². The quantitative estimate of drug-likeness (QED) is 0.641. The summed E-state index contributed by atoms with van der Waals surface area (Å²) in [6.45, 7) is 1.98. The highest BCUT2D eigenvalue weighted by Gasteiger charge is 2.27. The fraction of sp³-hybridized carbons (Fsp3) is 0.480. The van der Waals surface area contributed by atoms with E-state index in [1.54, 1.807) is 23.5 Å². The second-order valence-corrected chi connectivity index (χ2v) is 10.7. The predicted octanol–water partition coefficient (Wildman–Crippen LogP) is 3.66. The van der Waals surface area contributed by atoms with Crippen LogP contribution >= 0.6 is 0 Å². The van der Waals surface area contributed by atoms with Gasteiger partial charge in [-0.25, -0.2) is 8.42 Å². The maximum Gasteiger partial charge on any atom is 0.243 e. The molecular formula is C25H33N3O5S. The van der Waals surface area contributed by atoms with E-state index in [2.05, 4.69) is 5.32 Å². The molecule has 0 atom stereocenters. The van der Waals surface area contributed by atoms with Gasteiger partial charge < -0.3 is 19.7 Å². The zero-order valence-corrected chi connectivity index (χ0v) is 20.7. The third kappa shape index (κ3) is 5.31. The molecule has 1 fully saturated rings. The minimum absolute atomic E-state index is 0.158. The van der Waals surface area contributed by atoms with E-state index in [1.807, 2.05) is 23.1 Å². The van der Waals surface area contributed by atoms with Crippen molar-refractivity contribution >= 4 is 27.3 Å². The molecule has 8 nitrogen and oxygen atoms in total. The minimum Gasteiger partial charge on any atom is -0.497 e. The van der Waals surface area contributed by atoms with Gasteiger partial charge in [-0.15, -0.1) is 0 Å². The topological polar surface area (TPSA) is 88.2 Å². The smallest absolute Gasteiger partial charge is 0.243 e. The lowest BCUT2D eigenvalue weighted by atomic mass is 10.0. The normalized spacial score (nSPS) is 16.9. The number of carbonyl (C=O) groups is 1. The molecule has 0 unspecified atom stereocenters. The number of nitrogens with zero attached hydrogens (tertiary/aromatic N) is 2. The van der Waals surface area contributed by atoms with E-state index in [0.29, 0.717) is 24.5 Å². The molecule has 1 amide bonds. The molecule has 0 saturated carbocycles. The lowest BCUT2D eigenvalue weighted by Gasteiger charge is -2.31. The SMILES string of the molecule is COc1ccc2c(c1)CCCN2CC(=O)Nc1cc(S(=O)(=O)N2CCCCCC2)ccc1OC. The minimum atomic E-state index is -3.64. The highest BCUT2D eigenvalue weighted by Crippen LogP contribution is 2.32. The van der Waals surface area contributed by atoms with Crippen molar-refractivity contribution in [1.82, 2.24) is 4.31 Å². The molecule has 1 N–H and O–H groups in total. The average molecular weight is 488 g/mol. The van der Waals surface area contributed by atoms with Crippen LogP contribution in [0.4, 0.5) is 11.4 Å². The van der Waals surface area contributed by atoms with Crippen LogP contribution in [-0.2, 0) is 21.2 Å². The number of carbonyl (C=O) groups excluding carboxylic acids is 1. The standard InChI is InChI=1S/C25H33N3O5S/c1-32-20-9-11-23-19(16-20)8-7-13-27(23)18-25(29)26-22-17-21(10-12-24(22)33-2)34(30,31)28-14-5-3-4-6-15-28/h9-12,16-17H,3-8,13-15,18H2,1-2H3,(H,26,29). The van der Waals surface area contributed by atoms with Gasteiger partial charge in [0.05, 0.1) is 31.3 Å². The highest BCUT2D eigenvalue weighted by molar-refractivity contribution is 7.89. The number of aryl methyl sites for hydroxylation is 1. The Kier molecular flexibility index (Phi) is 7.63. The Hall–Kier alpha value is -2.78. The van der Waals surface area contributed by atoms with E-state index in [0.717, 1.165) is 62.1 Å². The van der Waals surface area contributed by atoms with E-state index in [1.165, 1.54) is 13.2 Å². The van der Waals surface area contributed by atoms with Crippen molar-refractivity contribution in [2.75, 3.05) is 50.6 Å². The van der Waals surface area contributed by atoms with Crippen molar-refractivity contribution in [2.45, 2.75) is 43.4 Å². The first-order valence-electron chi connectivity index (χ1n) is 11.8. The number of anilines is 2. The van der Waals surface area contributed by atoms with Gasteiger partial charge in [-0.3, -0.25) is 4.79 Å². The molecule has 0 radical (unpaired) electrons. The van der Waals surface area contributed by atoms with Crippen LogP contribution in [0.25, 0.3) is 0 Å². The van der Waals surface area contributed by atoms with Crippen molar-refractivity contribution in [3.05, 3.63) is 42.0 Å². The van der Waals surface area contributed by atoms with Gasteiger partial charge in [0.2, 0.25) is 15.9 Å². The summed E-state index contributed by atoms with van der Waals surface area (Å²) in [6.07, 6.45) is 5.70. The van der Waals surface area contributed by atoms with Gasteiger partial charge in [-0.2, -0.15) is 4.31 Å². The molecule has 4 rings (SSSR count). The molecule has 0 aromatic heterocycles. The van der Waals surface area contributed by atoms with E-state index in [9.17, 15) is 13.2 Å². The van der Waals surface area contributed by atoms with Gasteiger partial charge in [0.1, 0.15) is 11.5 Å². The van der Waals surface area contributed by atoms with Crippen LogP contribution in [0.2, 0.25) is 0 Å². The number of amides is 1. The number of hydrogen-bond acceptors (Lipinski definition) is 6. The second kappa shape index (κ2) is 10.7. The first-order chi connectivity index (χ1) is 16.4. The molecule has 1 saturated heterocycles. The van der Waals surface area contributed by atoms with Gasteiger partial charge in [-0.05, 0) is 67.6 Å². The molecule has 0 spiro atoms. The monoisotopic (exact) mass is 487 g/mol. The van der Waals surface area contributed by atoms with Crippen molar-refractivity contribution in [2.24, 2.45) is 0 Å². The van der Waals surface area contributed by atoms with Crippen molar-refractivity contribution in [1.29, 1.82) is 0 Å². The summed E-state index contributed by atoms with van der Waals surface area (Å²) in [6, 6.07) is 10.5. The summed E-state index contributed by atoms with van der Waals surface area (Å²) < 4.78 is 38.8. The van der Waals surface area contributed by atoms with Crippen LogP contribution in [0, 0.1) is 0 Å². The van der Waals surface area contributed by atoms with Gasteiger partial charge >= 0.3 is 0 Å². The molecule has 184 valence electrons. The summed E-state index contributed by atoms with van der Waals surface area (Å²) in [7, 11) is -0.493. The fourth-order valence-corrected chi connectivity index (χ4v) is 6.23. The molecule has 34 heavy (non-hydrogen) atoms. The number of fused-ring (bicyclic) bond motifs is 1. The summed E-state index contributed by atoms with van der Waals surface area (Å²) in [5.41, 5.74) is 2.53. The number of benzene rings is 2. The Morgan fingerprint density at radius 2 is 1.71 bits per heavy atom. The van der Waals surface area contributed by atoms with Crippen LogP contribution in [0.3, 0.4) is 0 Å². The molecule has 9 heteroatoms. The fourth-order valence-electron chi connectivity index (χ4n) is 4.68. The Morgan fingerprint density at radius 1 is 0.941 bits per heavy atom. The molecule has 0 aliphatic carbocycles. The van der Waals surface area contributed by atoms with Crippen LogP contribution in [-0.4, -0.2) is 59.0 Å². The molecule has 2 aromatic carbocycles. The third-order valence-corrected chi connectivity index (χ3v) is 8.38. The van der Waals surface area contributed by atoms with E-state index in [4.69, 9.17) is 9.47 Å². The number of sulfonamides is 1. The van der Waals surface area contributed by atoms with Crippen molar-refractivity contribution in [3.63, 3.8) is 0 Å².